The molecule has 13 heavy (non-hydrogen) atoms. The third-order valence-corrected chi connectivity index (χ3v) is 1.97. The maximum Gasteiger partial charge on any atom is 0.0277 e. The van der Waals surface area contributed by atoms with Crippen molar-refractivity contribution in [3.8, 4) is 0 Å². The highest BCUT2D eigenvalue weighted by Crippen LogP contribution is 2.17. The monoisotopic (exact) mass is 182 g/mol. The topological polar surface area (TPSA) is 38.4 Å². The van der Waals surface area contributed by atoms with Gasteiger partial charge in [-0.15, -0.1) is 0 Å². The van der Waals surface area contributed by atoms with Crippen LogP contribution in [0.25, 0.3) is 0 Å². The van der Waals surface area contributed by atoms with Gasteiger partial charge < -0.3 is 5.73 Å². The van der Waals surface area contributed by atoms with Crippen molar-refractivity contribution in [3.63, 3.8) is 0 Å². The first-order chi connectivity index (χ1) is 6.10. The number of hydrogen-bond acceptors (Lipinski definition) is 2. The molecule has 0 fully saturated rings. The molecule has 0 saturated heterocycles. The Hall–Kier alpha value is -0.790. The van der Waals surface area contributed by atoms with Crippen molar-refractivity contribution >= 4 is 6.21 Å². The highest BCUT2D eigenvalue weighted by atomic mass is 14.6. The number of aliphatic imine (C=N–C) groups is 1. The third kappa shape index (κ3) is 6.38. The van der Waals surface area contributed by atoms with Gasteiger partial charge in [-0.2, -0.15) is 0 Å². The average molecular weight is 182 g/mol. The highest BCUT2D eigenvalue weighted by molar-refractivity contribution is 5.78. The second kappa shape index (κ2) is 6.70. The van der Waals surface area contributed by atoms with Crippen LogP contribution in [0.1, 0.15) is 33.6 Å². The maximum atomic E-state index is 5.48. The average Bonchev–Trinajstić information content (AvgIpc) is 2.02. The van der Waals surface area contributed by atoms with E-state index >= 15 is 0 Å². The Morgan fingerprint density at radius 3 is 2.38 bits per heavy atom. The minimum Gasteiger partial charge on any atom is -0.404 e. The van der Waals surface area contributed by atoms with Gasteiger partial charge in [-0.3, -0.25) is 4.99 Å². The van der Waals surface area contributed by atoms with E-state index in [4.69, 9.17) is 5.73 Å². The van der Waals surface area contributed by atoms with Crippen LogP contribution < -0.4 is 5.73 Å². The van der Waals surface area contributed by atoms with Crippen LogP contribution in [-0.2, 0) is 0 Å². The van der Waals surface area contributed by atoms with Crippen LogP contribution >= 0.6 is 0 Å². The van der Waals surface area contributed by atoms with E-state index < -0.39 is 0 Å². The molecule has 1 unspecified atom stereocenters. The van der Waals surface area contributed by atoms with Gasteiger partial charge in [0.25, 0.3) is 0 Å². The van der Waals surface area contributed by atoms with Crippen LogP contribution in [0.15, 0.2) is 16.8 Å². The molecule has 2 nitrogen and oxygen atoms in total. The number of nitrogens with zero attached hydrogens (tertiary/aromatic N) is 1. The molecule has 2 heteroatoms. The van der Waals surface area contributed by atoms with Gasteiger partial charge in [-0.1, -0.05) is 20.8 Å². The van der Waals surface area contributed by atoms with Gasteiger partial charge in [-0.05, 0) is 36.5 Å². The predicted molar refractivity (Wildman–Crippen MR) is 59.9 cm³/mol. The lowest BCUT2D eigenvalue weighted by atomic mass is 9.93. The normalized spacial score (nSPS) is 15.6. The van der Waals surface area contributed by atoms with E-state index in [1.54, 1.807) is 13.2 Å². The van der Waals surface area contributed by atoms with E-state index in [2.05, 4.69) is 25.8 Å². The fourth-order valence-corrected chi connectivity index (χ4v) is 1.62. The maximum absolute atomic E-state index is 5.48. The molecule has 2 N–H and O–H groups in total. The minimum atomic E-state index is 0.688. The van der Waals surface area contributed by atoms with Gasteiger partial charge >= 0.3 is 0 Å². The lowest BCUT2D eigenvalue weighted by molar-refractivity contribution is 0.440. The summed E-state index contributed by atoms with van der Waals surface area (Å²) in [6.07, 6.45) is 5.78. The van der Waals surface area contributed by atoms with Gasteiger partial charge in [-0.25, -0.2) is 0 Å². The van der Waals surface area contributed by atoms with E-state index in [1.807, 2.05) is 6.21 Å². The first-order valence-electron chi connectivity index (χ1n) is 4.93. The second-order valence-corrected chi connectivity index (χ2v) is 4.07. The Morgan fingerprint density at radius 2 is 2.00 bits per heavy atom. The molecule has 0 heterocycles. The molecule has 0 aliphatic rings. The van der Waals surface area contributed by atoms with Crippen LogP contribution in [0.5, 0.6) is 0 Å². The zero-order valence-electron chi connectivity index (χ0n) is 9.25. The molecule has 0 rings (SSSR count). The summed E-state index contributed by atoms with van der Waals surface area (Å²) in [5, 5.41) is 0. The molecule has 0 saturated carbocycles. The van der Waals surface area contributed by atoms with Crippen LogP contribution in [-0.4, -0.2) is 13.3 Å². The quantitative estimate of drug-likeness (QED) is 0.652. The Morgan fingerprint density at radius 1 is 1.38 bits per heavy atom. The summed E-state index contributed by atoms with van der Waals surface area (Å²) >= 11 is 0. The molecule has 0 aromatic heterocycles. The van der Waals surface area contributed by atoms with Crippen molar-refractivity contribution in [1.29, 1.82) is 0 Å². The summed E-state index contributed by atoms with van der Waals surface area (Å²) < 4.78 is 0. The smallest absolute Gasteiger partial charge is 0.0277 e. The van der Waals surface area contributed by atoms with E-state index in [-0.39, 0.29) is 0 Å². The summed E-state index contributed by atoms with van der Waals surface area (Å²) in [4.78, 5) is 3.97. The molecule has 0 aliphatic carbocycles. The van der Waals surface area contributed by atoms with Crippen LogP contribution in [0.4, 0.5) is 0 Å². The van der Waals surface area contributed by atoms with E-state index in [9.17, 15) is 0 Å². The molecule has 0 aromatic carbocycles. The lowest BCUT2D eigenvalue weighted by Gasteiger charge is -2.13. The zero-order valence-corrected chi connectivity index (χ0v) is 9.25. The summed E-state index contributed by atoms with van der Waals surface area (Å²) in [6.45, 7) is 6.75. The molecule has 76 valence electrons. The third-order valence-electron chi connectivity index (χ3n) is 1.97. The number of nitrogens with two attached hydrogens (primary N) is 1. The second-order valence-electron chi connectivity index (χ2n) is 4.07. The number of hydrogen-bond donors (Lipinski definition) is 1. The van der Waals surface area contributed by atoms with Crippen LogP contribution in [0.3, 0.4) is 0 Å². The summed E-state index contributed by atoms with van der Waals surface area (Å²) in [5.41, 5.74) is 6.62. The lowest BCUT2D eigenvalue weighted by Crippen LogP contribution is -2.03. The fraction of sp³-hybridized carbons (Fsp3) is 0.727. The van der Waals surface area contributed by atoms with E-state index in [1.165, 1.54) is 6.42 Å². The summed E-state index contributed by atoms with van der Waals surface area (Å²) in [7, 11) is 1.77. The molecule has 1 atom stereocenters. The first kappa shape index (κ1) is 12.2. The van der Waals surface area contributed by atoms with E-state index in [0.29, 0.717) is 5.92 Å². The summed E-state index contributed by atoms with van der Waals surface area (Å²) in [5.74, 6) is 1.44. The Labute approximate surface area is 81.9 Å². The standard InChI is InChI=1S/C11H22N2/c1-9(2)5-10(3)6-11(7-12)8-13-4/h7-10H,5-6,12H2,1-4H3/b11-7-,13-8?. The Balaban J connectivity index is 3.95. The Bertz CT molecular complexity index is 181. The molecule has 0 aliphatic heterocycles. The van der Waals surface area contributed by atoms with Gasteiger partial charge in [0.15, 0.2) is 0 Å². The van der Waals surface area contributed by atoms with E-state index in [0.717, 1.165) is 17.9 Å². The molecule has 0 aromatic rings. The molecule has 0 spiro atoms. The number of rotatable bonds is 5. The first-order valence-corrected chi connectivity index (χ1v) is 4.93. The highest BCUT2D eigenvalue weighted by Gasteiger charge is 2.06. The minimum absolute atomic E-state index is 0.688. The van der Waals surface area contributed by atoms with Crippen LogP contribution in [0.2, 0.25) is 0 Å². The van der Waals surface area contributed by atoms with Crippen molar-refractivity contribution in [1.82, 2.24) is 0 Å². The fourth-order valence-electron chi connectivity index (χ4n) is 1.62. The van der Waals surface area contributed by atoms with Gasteiger partial charge in [0.05, 0.1) is 0 Å². The van der Waals surface area contributed by atoms with Gasteiger partial charge in [0.1, 0.15) is 0 Å². The molecular weight excluding hydrogens is 160 g/mol. The van der Waals surface area contributed by atoms with Crippen molar-refractivity contribution in [2.45, 2.75) is 33.6 Å². The largest absolute Gasteiger partial charge is 0.404 e. The molecular formula is C11H22N2. The van der Waals surface area contributed by atoms with Gasteiger partial charge in [0, 0.05) is 13.3 Å². The molecule has 0 bridgehead atoms. The molecule has 0 amide bonds. The Kier molecular flexibility index (Phi) is 6.29. The van der Waals surface area contributed by atoms with Crippen molar-refractivity contribution in [2.24, 2.45) is 22.6 Å². The van der Waals surface area contributed by atoms with Crippen LogP contribution in [0, 0.1) is 11.8 Å². The van der Waals surface area contributed by atoms with Crippen molar-refractivity contribution in [2.75, 3.05) is 7.05 Å². The van der Waals surface area contributed by atoms with Crippen molar-refractivity contribution in [3.05, 3.63) is 11.8 Å². The number of allylic oxidation sites excluding steroid dienone is 1. The SMILES string of the molecule is CN=C/C(=C\N)CC(C)CC(C)C. The van der Waals surface area contributed by atoms with Crippen molar-refractivity contribution < 1.29 is 0 Å². The zero-order chi connectivity index (χ0) is 10.3. The molecule has 0 radical (unpaired) electrons. The van der Waals surface area contributed by atoms with Gasteiger partial charge in [0.2, 0.25) is 0 Å². The summed E-state index contributed by atoms with van der Waals surface area (Å²) in [6, 6.07) is 0. The predicted octanol–water partition coefficient (Wildman–Crippen LogP) is 2.60.